The highest BCUT2D eigenvalue weighted by molar-refractivity contribution is 7.17. The maximum Gasteiger partial charge on any atom is 0.281 e. The van der Waals surface area contributed by atoms with Crippen molar-refractivity contribution in [2.24, 2.45) is 0 Å². The molecule has 0 aliphatic rings. The molecule has 138 valence electrons. The Morgan fingerprint density at radius 1 is 1.15 bits per heavy atom. The van der Waals surface area contributed by atoms with Gasteiger partial charge < -0.3 is 0 Å². The van der Waals surface area contributed by atoms with E-state index in [1.54, 1.807) is 19.1 Å². The molecule has 1 heterocycles. The van der Waals surface area contributed by atoms with Gasteiger partial charge in [0.25, 0.3) is 5.91 Å². The van der Waals surface area contributed by atoms with Crippen LogP contribution in [0.25, 0.3) is 10.6 Å². The molecule has 0 radical (unpaired) electrons. The first-order chi connectivity index (χ1) is 12.9. The van der Waals surface area contributed by atoms with Gasteiger partial charge in [-0.05, 0) is 36.8 Å². The maximum absolute atomic E-state index is 12.9. The van der Waals surface area contributed by atoms with Crippen molar-refractivity contribution in [3.8, 4) is 10.6 Å². The third kappa shape index (κ3) is 4.90. The highest BCUT2D eigenvalue weighted by Crippen LogP contribution is 2.29. The Labute approximate surface area is 164 Å². The second-order valence-electron chi connectivity index (χ2n) is 5.75. The van der Waals surface area contributed by atoms with Crippen LogP contribution in [0.4, 0.5) is 4.39 Å². The number of nitrogens with one attached hydrogen (secondary N) is 2. The molecule has 2 N–H and O–H groups in total. The molecule has 8 heteroatoms. The van der Waals surface area contributed by atoms with Gasteiger partial charge in [0, 0.05) is 10.6 Å². The minimum atomic E-state index is -0.453. The fourth-order valence-corrected chi connectivity index (χ4v) is 3.52. The molecule has 3 aromatic rings. The summed E-state index contributed by atoms with van der Waals surface area (Å²) in [5.74, 6) is -1.23. The molecule has 0 bridgehead atoms. The molecular weight excluding hydrogens is 389 g/mol. The van der Waals surface area contributed by atoms with E-state index in [0.29, 0.717) is 26.2 Å². The number of amides is 2. The van der Waals surface area contributed by atoms with Gasteiger partial charge in [-0.25, -0.2) is 9.37 Å². The van der Waals surface area contributed by atoms with E-state index in [1.165, 1.54) is 35.6 Å². The van der Waals surface area contributed by atoms with Crippen LogP contribution >= 0.6 is 22.9 Å². The fourth-order valence-electron chi connectivity index (χ4n) is 2.37. The first kappa shape index (κ1) is 19.0. The van der Waals surface area contributed by atoms with Crippen molar-refractivity contribution in [3.63, 3.8) is 0 Å². The lowest BCUT2D eigenvalue weighted by Gasteiger charge is -2.06. The second kappa shape index (κ2) is 8.28. The lowest BCUT2D eigenvalue weighted by atomic mass is 10.1. The molecule has 5 nitrogen and oxygen atoms in total. The Hall–Kier alpha value is -2.77. The van der Waals surface area contributed by atoms with E-state index in [-0.39, 0.29) is 12.2 Å². The molecular formula is C19H15ClFN3O2S. The van der Waals surface area contributed by atoms with Crippen LogP contribution in [-0.2, 0) is 11.2 Å². The molecule has 0 unspecified atom stereocenters. The lowest BCUT2D eigenvalue weighted by Crippen LogP contribution is -2.42. The van der Waals surface area contributed by atoms with Crippen LogP contribution in [0.15, 0.2) is 48.5 Å². The summed E-state index contributed by atoms with van der Waals surface area (Å²) in [5.41, 5.74) is 6.74. The van der Waals surface area contributed by atoms with Gasteiger partial charge in [-0.15, -0.1) is 11.3 Å². The maximum atomic E-state index is 12.9. The molecule has 0 spiro atoms. The Morgan fingerprint density at radius 3 is 2.59 bits per heavy atom. The standard InChI is InChI=1S/C19H15ClFN3O2S/c1-11-17(27-19(22-11)13-3-2-4-14(20)10-13)18(26)24-23-16(25)9-12-5-7-15(21)8-6-12/h2-8,10H,9H2,1H3,(H,23,25)(H,24,26). The highest BCUT2D eigenvalue weighted by atomic mass is 35.5. The van der Waals surface area contributed by atoms with Gasteiger partial charge in [-0.1, -0.05) is 35.9 Å². The van der Waals surface area contributed by atoms with Gasteiger partial charge in [0.2, 0.25) is 5.91 Å². The first-order valence-corrected chi connectivity index (χ1v) is 9.19. The number of rotatable bonds is 4. The Kier molecular flexibility index (Phi) is 5.83. The van der Waals surface area contributed by atoms with Crippen molar-refractivity contribution in [2.45, 2.75) is 13.3 Å². The summed E-state index contributed by atoms with van der Waals surface area (Å²) in [7, 11) is 0. The number of aryl methyl sites for hydroxylation is 1. The average molecular weight is 404 g/mol. The van der Waals surface area contributed by atoms with Gasteiger partial charge in [-0.2, -0.15) is 0 Å². The number of thiazole rings is 1. The molecule has 2 aromatic carbocycles. The zero-order chi connectivity index (χ0) is 19.4. The average Bonchev–Trinajstić information content (AvgIpc) is 3.03. The van der Waals surface area contributed by atoms with Crippen molar-refractivity contribution >= 4 is 34.8 Å². The predicted octanol–water partition coefficient (Wildman–Crippen LogP) is 3.91. The lowest BCUT2D eigenvalue weighted by molar-refractivity contribution is -0.121. The largest absolute Gasteiger partial charge is 0.281 e. The Bertz CT molecular complexity index is 989. The monoisotopic (exact) mass is 403 g/mol. The van der Waals surface area contributed by atoms with E-state index < -0.39 is 11.8 Å². The smallest absolute Gasteiger partial charge is 0.273 e. The van der Waals surface area contributed by atoms with Crippen molar-refractivity contribution in [3.05, 3.63) is 75.5 Å². The molecule has 0 aliphatic carbocycles. The zero-order valence-electron chi connectivity index (χ0n) is 14.3. The van der Waals surface area contributed by atoms with Gasteiger partial charge in [0.15, 0.2) is 0 Å². The second-order valence-corrected chi connectivity index (χ2v) is 7.18. The number of hydrogen-bond acceptors (Lipinski definition) is 4. The van der Waals surface area contributed by atoms with E-state index in [1.807, 2.05) is 12.1 Å². The van der Waals surface area contributed by atoms with Crippen LogP contribution in [0.2, 0.25) is 5.02 Å². The molecule has 1 aromatic heterocycles. The number of hydrogen-bond donors (Lipinski definition) is 2. The summed E-state index contributed by atoms with van der Waals surface area (Å²) in [5, 5.41) is 1.25. The van der Waals surface area contributed by atoms with Crippen molar-refractivity contribution in [1.29, 1.82) is 0 Å². The van der Waals surface area contributed by atoms with Gasteiger partial charge in [0.05, 0.1) is 12.1 Å². The van der Waals surface area contributed by atoms with E-state index in [0.717, 1.165) is 5.56 Å². The molecule has 0 atom stereocenters. The molecule has 0 saturated heterocycles. The summed E-state index contributed by atoms with van der Waals surface area (Å²) in [6, 6.07) is 12.8. The summed E-state index contributed by atoms with van der Waals surface area (Å²) in [6.45, 7) is 1.72. The highest BCUT2D eigenvalue weighted by Gasteiger charge is 2.17. The van der Waals surface area contributed by atoms with E-state index in [9.17, 15) is 14.0 Å². The van der Waals surface area contributed by atoms with Gasteiger partial charge in [-0.3, -0.25) is 20.4 Å². The quantitative estimate of drug-likeness (QED) is 0.649. The van der Waals surface area contributed by atoms with Crippen molar-refractivity contribution in [2.75, 3.05) is 0 Å². The van der Waals surface area contributed by atoms with Crippen LogP contribution < -0.4 is 10.9 Å². The van der Waals surface area contributed by atoms with E-state index >= 15 is 0 Å². The number of aromatic nitrogens is 1. The van der Waals surface area contributed by atoms with Crippen LogP contribution in [0, 0.1) is 12.7 Å². The number of hydrazine groups is 1. The third-order valence-corrected chi connectivity index (χ3v) is 5.11. The van der Waals surface area contributed by atoms with E-state index in [2.05, 4.69) is 15.8 Å². The summed E-state index contributed by atoms with van der Waals surface area (Å²) < 4.78 is 12.9. The third-order valence-electron chi connectivity index (χ3n) is 3.67. The number of halogens is 2. The number of nitrogens with zero attached hydrogens (tertiary/aromatic N) is 1. The topological polar surface area (TPSA) is 71.1 Å². The molecule has 0 aliphatic heterocycles. The first-order valence-electron chi connectivity index (χ1n) is 7.99. The minimum Gasteiger partial charge on any atom is -0.273 e. The Balaban J connectivity index is 1.62. The van der Waals surface area contributed by atoms with Crippen molar-refractivity contribution in [1.82, 2.24) is 15.8 Å². The normalized spacial score (nSPS) is 10.5. The van der Waals surface area contributed by atoms with Crippen LogP contribution in [0.5, 0.6) is 0 Å². The van der Waals surface area contributed by atoms with Gasteiger partial charge in [0.1, 0.15) is 15.7 Å². The SMILES string of the molecule is Cc1nc(-c2cccc(Cl)c2)sc1C(=O)NNC(=O)Cc1ccc(F)cc1. The van der Waals surface area contributed by atoms with Gasteiger partial charge >= 0.3 is 0 Å². The van der Waals surface area contributed by atoms with Crippen LogP contribution in [0.3, 0.4) is 0 Å². The predicted molar refractivity (Wildman–Crippen MR) is 103 cm³/mol. The number of carbonyl (C=O) groups excluding carboxylic acids is 2. The molecule has 27 heavy (non-hydrogen) atoms. The number of carbonyl (C=O) groups is 2. The number of benzene rings is 2. The summed E-state index contributed by atoms with van der Waals surface area (Å²) in [6.07, 6.45) is 0.0238. The Morgan fingerprint density at radius 2 is 1.89 bits per heavy atom. The molecule has 0 fully saturated rings. The molecule has 0 saturated carbocycles. The molecule has 2 amide bonds. The summed E-state index contributed by atoms with van der Waals surface area (Å²) >= 11 is 7.20. The summed E-state index contributed by atoms with van der Waals surface area (Å²) in [4.78, 5) is 29.1. The van der Waals surface area contributed by atoms with Crippen LogP contribution in [0.1, 0.15) is 20.9 Å². The fraction of sp³-hybridized carbons (Fsp3) is 0.105. The molecule has 3 rings (SSSR count). The van der Waals surface area contributed by atoms with E-state index in [4.69, 9.17) is 11.6 Å². The van der Waals surface area contributed by atoms with Crippen LogP contribution in [-0.4, -0.2) is 16.8 Å². The zero-order valence-corrected chi connectivity index (χ0v) is 15.8. The minimum absolute atomic E-state index is 0.0238. The van der Waals surface area contributed by atoms with Crippen molar-refractivity contribution < 1.29 is 14.0 Å².